The van der Waals surface area contributed by atoms with Crippen molar-refractivity contribution in [1.82, 2.24) is 5.32 Å². The first kappa shape index (κ1) is 104. The molecule has 654 valence electrons. The minimum Gasteiger partial charge on any atom is -0.493 e. The number of rotatable bonds is 50. The van der Waals surface area contributed by atoms with E-state index in [1.165, 1.54) is 110 Å². The van der Waals surface area contributed by atoms with Gasteiger partial charge in [-0.15, -0.1) is 0 Å². The molecule has 0 amide bonds. The molecule has 5 aromatic carbocycles. The van der Waals surface area contributed by atoms with Crippen molar-refractivity contribution >= 4 is 63.2 Å². The van der Waals surface area contributed by atoms with Crippen LogP contribution in [-0.2, 0) is 80.6 Å². The normalized spacial score (nSPS) is 11.1. The Labute approximate surface area is 679 Å². The van der Waals surface area contributed by atoms with E-state index in [1.54, 1.807) is 34.3 Å². The van der Waals surface area contributed by atoms with Crippen LogP contribution in [0.15, 0.2) is 60.7 Å². The summed E-state index contributed by atoms with van der Waals surface area (Å²) in [5.74, 6) is 1.66. The van der Waals surface area contributed by atoms with Crippen LogP contribution in [-0.4, -0.2) is 223 Å². The zero-order valence-corrected chi connectivity index (χ0v) is 68.9. The second-order valence-corrected chi connectivity index (χ2v) is 25.8. The van der Waals surface area contributed by atoms with Gasteiger partial charge >= 0.3 is 17.9 Å². The number of esters is 3. The molecule has 6 N–H and O–H groups in total. The summed E-state index contributed by atoms with van der Waals surface area (Å²) in [5, 5.41) is 103. The Kier molecular flexibility index (Phi) is 51.0. The molecule has 0 heterocycles. The van der Waals surface area contributed by atoms with E-state index in [4.69, 9.17) is 91.5 Å². The summed E-state index contributed by atoms with van der Waals surface area (Å²) in [5.41, 5.74) is -1.72. The number of aliphatic hydroxyl groups excluding tert-OH is 5. The zero-order valence-electron chi connectivity index (χ0n) is 68.1. The highest BCUT2D eigenvalue weighted by atomic mass is 32.2. The first-order valence-electron chi connectivity index (χ1n) is 35.9. The Bertz CT molecular complexity index is 3770. The van der Waals surface area contributed by atoms with Gasteiger partial charge in [0, 0.05) is 33.6 Å². The molecule has 5 aromatic rings. The van der Waals surface area contributed by atoms with Gasteiger partial charge in [-0.25, -0.2) is 0 Å². The quantitative estimate of drug-likeness (QED) is 0.00694. The van der Waals surface area contributed by atoms with Crippen molar-refractivity contribution in [3.05, 3.63) is 139 Å². The highest BCUT2D eigenvalue weighted by molar-refractivity contribution is 8.13. The lowest BCUT2D eigenvalue weighted by atomic mass is 9.79. The van der Waals surface area contributed by atoms with Crippen molar-refractivity contribution in [2.24, 2.45) is 10.8 Å². The van der Waals surface area contributed by atoms with Crippen molar-refractivity contribution in [3.8, 4) is 57.5 Å². The maximum Gasteiger partial charge on any atom is 0.311 e. The average molecular weight is 1690 g/mol. The molecule has 0 fully saturated rings. The number of nitro benzene ring substituents is 5. The molecule has 41 nitrogen and oxygen atoms in total. The summed E-state index contributed by atoms with van der Waals surface area (Å²) >= 11 is 1.15. The largest absolute Gasteiger partial charge is 0.493 e. The Hall–Kier alpha value is -10.8. The zero-order chi connectivity index (χ0) is 88.2. The first-order chi connectivity index (χ1) is 55.8. The van der Waals surface area contributed by atoms with E-state index in [9.17, 15) is 74.9 Å². The van der Waals surface area contributed by atoms with Crippen molar-refractivity contribution in [1.29, 1.82) is 0 Å². The van der Waals surface area contributed by atoms with Crippen molar-refractivity contribution < 1.29 is 145 Å². The van der Waals surface area contributed by atoms with E-state index in [-0.39, 0.29) is 179 Å². The minimum absolute atomic E-state index is 0.0563. The van der Waals surface area contributed by atoms with Gasteiger partial charge in [0.25, 0.3) is 28.4 Å². The molecule has 0 saturated carbocycles. The summed E-state index contributed by atoms with van der Waals surface area (Å²) in [4.78, 5) is 99.0. The van der Waals surface area contributed by atoms with Crippen molar-refractivity contribution in [2.75, 3.05) is 149 Å². The van der Waals surface area contributed by atoms with Crippen LogP contribution in [0, 0.1) is 61.4 Å². The van der Waals surface area contributed by atoms with Gasteiger partial charge in [0.2, 0.25) is 0 Å². The number of benzene rings is 5. The molecule has 0 aliphatic heterocycles. The molecule has 0 bridgehead atoms. The second-order valence-electron chi connectivity index (χ2n) is 25.0. The standard InChI is InChI=1S/C27H43NO11.C13H17NO7.C13H17NO6S.C11H16N2O5.C11H15NO6/c1-7-27(4,25(31)39-14-11-34-5)10-8-9-26(2,3)24(30)38-16-13-36-12-15-37-23-18-21(28(32)33)20(19-29)17-22(23)35-6;1-19-11-6-9(8-15)10(14(17)18)7-12(11)21-5-3-4-13(16)20-2;1-19-11-6-9(8-15)10(14(17)18)7-12(11)20-5-3-4-13(16)21-2;1-12-3-4-18-11-6-9(13(15)16)8(7-14)5-10(11)17-2;1-16-3-4-18-11-6-9(12(14)15)8(7-13)5-10(11)17-2/h17-18,29H,7-16,19H2,1-6H3;2*6-7,15H,3-5,8H2,1-2H3;5-6,12,14H,3-4,7H2,1-2H3;5-6,13H,3-4,7H2,1-2H3. The summed E-state index contributed by atoms with van der Waals surface area (Å²) in [7, 11) is 13.2. The second kappa shape index (κ2) is 57.3. The fraction of sp³-hybridized carbons (Fsp3) is 0.547. The van der Waals surface area contributed by atoms with Gasteiger partial charge in [-0.2, -0.15) is 0 Å². The van der Waals surface area contributed by atoms with Crippen LogP contribution in [0.5, 0.6) is 57.5 Å². The summed E-state index contributed by atoms with van der Waals surface area (Å²) in [6, 6.07) is 13.0. The summed E-state index contributed by atoms with van der Waals surface area (Å²) in [6.45, 7) is 8.11. The minimum atomic E-state index is -0.732. The molecular formula is C75H108N6O35S. The number of nitrogens with zero attached hydrogens (tertiary/aromatic N) is 5. The van der Waals surface area contributed by atoms with E-state index < -0.39 is 68.5 Å². The smallest absolute Gasteiger partial charge is 0.311 e. The number of hydrogen-bond acceptors (Lipinski definition) is 37. The van der Waals surface area contributed by atoms with Gasteiger partial charge < -0.3 is 107 Å². The highest BCUT2D eigenvalue weighted by Gasteiger charge is 2.36. The van der Waals surface area contributed by atoms with Crippen LogP contribution in [0.3, 0.4) is 0 Å². The van der Waals surface area contributed by atoms with Gasteiger partial charge in [0.15, 0.2) is 62.6 Å². The van der Waals surface area contributed by atoms with Gasteiger partial charge in [0.05, 0.1) is 209 Å². The van der Waals surface area contributed by atoms with Crippen LogP contribution in [0.1, 0.15) is 107 Å². The predicted octanol–water partition coefficient (Wildman–Crippen LogP) is 9.22. The number of thioether (sulfide) groups is 1. The number of ether oxygens (including phenoxy) is 16. The lowest BCUT2D eigenvalue weighted by Gasteiger charge is -2.28. The van der Waals surface area contributed by atoms with Crippen molar-refractivity contribution in [3.63, 3.8) is 0 Å². The van der Waals surface area contributed by atoms with Gasteiger partial charge in [-0.1, -0.05) is 25.1 Å². The number of aliphatic hydroxyl groups is 5. The molecule has 0 radical (unpaired) electrons. The van der Waals surface area contributed by atoms with Gasteiger partial charge in [-0.3, -0.25) is 69.7 Å². The molecule has 117 heavy (non-hydrogen) atoms. The first-order valence-corrected chi connectivity index (χ1v) is 37.1. The van der Waals surface area contributed by atoms with Gasteiger partial charge in [0.1, 0.15) is 33.0 Å². The van der Waals surface area contributed by atoms with Gasteiger partial charge in [-0.05, 0) is 96.5 Å². The lowest BCUT2D eigenvalue weighted by Crippen LogP contribution is -2.32. The van der Waals surface area contributed by atoms with E-state index in [2.05, 4.69) is 10.1 Å². The molecule has 0 aliphatic carbocycles. The maximum absolute atomic E-state index is 12.6. The SMILES string of the molecule is CCC(C)(CCCC(C)(C)C(=O)OCCOCCOc1cc([N+](=O)[O-])c(CO)cc1OC)C(=O)OCCOC.CNCCOc1cc([N+](=O)[O-])c(CO)cc1OC.COC(=O)CCCOc1cc([N+](=O)[O-])c(CO)cc1OC.COCCOc1cc([N+](=O)[O-])c(CO)cc1OC.COc1cc(CO)c([N+](=O)[O-])cc1OCCCC(=O)SC. The highest BCUT2D eigenvalue weighted by Crippen LogP contribution is 2.40. The van der Waals surface area contributed by atoms with Crippen LogP contribution in [0.4, 0.5) is 28.4 Å². The maximum atomic E-state index is 12.6. The molecule has 0 aromatic heterocycles. The molecule has 5 rings (SSSR count). The van der Waals surface area contributed by atoms with Crippen LogP contribution >= 0.6 is 11.8 Å². The Morgan fingerprint density at radius 3 is 1.02 bits per heavy atom. The molecule has 0 saturated heterocycles. The third-order valence-electron chi connectivity index (χ3n) is 16.7. The van der Waals surface area contributed by atoms with Crippen LogP contribution in [0.25, 0.3) is 0 Å². The summed E-state index contributed by atoms with van der Waals surface area (Å²) in [6.07, 6.45) is 5.61. The van der Waals surface area contributed by atoms with Crippen molar-refractivity contribution in [2.45, 2.75) is 112 Å². The topological polar surface area (TPSA) is 545 Å². The Morgan fingerprint density at radius 1 is 0.402 bits per heavy atom. The average Bonchev–Trinajstić information content (AvgIpc) is 0.840. The molecule has 1 atom stereocenters. The number of nitro groups is 5. The number of carbonyl (C=O) groups excluding carboxylic acids is 4. The van der Waals surface area contributed by atoms with Crippen LogP contribution < -0.4 is 52.7 Å². The Morgan fingerprint density at radius 2 is 0.709 bits per heavy atom. The fourth-order valence-corrected chi connectivity index (χ4v) is 10.2. The monoisotopic (exact) mass is 1680 g/mol. The van der Waals surface area contributed by atoms with E-state index in [0.29, 0.717) is 88.6 Å². The third kappa shape index (κ3) is 36.5. The van der Waals surface area contributed by atoms with E-state index >= 15 is 0 Å². The molecule has 0 aliphatic rings. The third-order valence-corrected chi connectivity index (χ3v) is 17.3. The Balaban J connectivity index is 0.000000761. The number of methoxy groups -OCH3 is 8. The van der Waals surface area contributed by atoms with Crippen LogP contribution in [0.2, 0.25) is 0 Å². The molecule has 1 unspecified atom stereocenters. The molecular weight excluding hydrogens is 1580 g/mol. The number of nitrogens with one attached hydrogen (secondary N) is 1. The fourth-order valence-electron chi connectivity index (χ4n) is 9.84. The van der Waals surface area contributed by atoms with E-state index in [1.807, 2.05) is 13.8 Å². The number of hydrogen-bond donors (Lipinski definition) is 6. The molecule has 42 heteroatoms. The molecule has 0 spiro atoms. The number of carbonyl (C=O) groups is 4. The summed E-state index contributed by atoms with van der Waals surface area (Å²) < 4.78 is 82.9. The predicted molar refractivity (Wildman–Crippen MR) is 421 cm³/mol. The number of likely N-dealkylation sites (N-methyl/N-ethyl adjacent to an activating group) is 1. The lowest BCUT2D eigenvalue weighted by molar-refractivity contribution is -0.386. The van der Waals surface area contributed by atoms with E-state index in [0.717, 1.165) is 11.8 Å².